The van der Waals surface area contributed by atoms with Gasteiger partial charge in [-0.1, -0.05) is 13.0 Å². The molecular weight excluding hydrogens is 264 g/mol. The lowest BCUT2D eigenvalue weighted by Crippen LogP contribution is -2.38. The van der Waals surface area contributed by atoms with E-state index in [4.69, 9.17) is 4.74 Å². The van der Waals surface area contributed by atoms with Gasteiger partial charge in [0.15, 0.2) is 0 Å². The topological polar surface area (TPSA) is 50.4 Å². The first kappa shape index (κ1) is 17.7. The van der Waals surface area contributed by atoms with Gasteiger partial charge in [-0.3, -0.25) is 4.79 Å². The second-order valence-corrected chi connectivity index (χ2v) is 4.13. The molecular formula is C14H23ClN2O2. The molecule has 0 aliphatic rings. The fraction of sp³-hybridized carbons (Fsp3) is 0.500. The van der Waals surface area contributed by atoms with E-state index in [1.165, 1.54) is 0 Å². The second kappa shape index (κ2) is 9.64. The van der Waals surface area contributed by atoms with Gasteiger partial charge in [-0.25, -0.2) is 0 Å². The minimum Gasteiger partial charge on any atom is -0.494 e. The van der Waals surface area contributed by atoms with Crippen LogP contribution >= 0.6 is 12.4 Å². The number of carbonyl (C=O) groups excluding carboxylic acids is 1. The summed E-state index contributed by atoms with van der Waals surface area (Å²) < 4.78 is 5.37. The highest BCUT2D eigenvalue weighted by molar-refractivity contribution is 5.94. The molecule has 0 aliphatic heterocycles. The zero-order chi connectivity index (χ0) is 13.4. The third-order valence-corrected chi connectivity index (χ3v) is 2.53. The first-order valence-corrected chi connectivity index (χ1v) is 6.41. The van der Waals surface area contributed by atoms with Crippen LogP contribution in [0.25, 0.3) is 0 Å². The molecule has 0 aromatic heterocycles. The highest BCUT2D eigenvalue weighted by atomic mass is 35.5. The number of rotatable bonds is 7. The lowest BCUT2D eigenvalue weighted by Gasteiger charge is -2.13. The van der Waals surface area contributed by atoms with Crippen LogP contribution in [-0.4, -0.2) is 31.6 Å². The van der Waals surface area contributed by atoms with E-state index in [0.29, 0.717) is 18.7 Å². The Morgan fingerprint density at radius 3 is 2.74 bits per heavy atom. The average molecular weight is 287 g/mol. The second-order valence-electron chi connectivity index (χ2n) is 4.13. The van der Waals surface area contributed by atoms with Crippen LogP contribution in [0.3, 0.4) is 0 Å². The normalized spacial score (nSPS) is 11.3. The van der Waals surface area contributed by atoms with E-state index in [2.05, 4.69) is 10.6 Å². The van der Waals surface area contributed by atoms with Crippen LogP contribution in [0.15, 0.2) is 24.3 Å². The predicted octanol–water partition coefficient (Wildman–Crippen LogP) is 2.23. The Bertz CT molecular complexity index is 385. The first-order chi connectivity index (χ1) is 8.67. The standard InChI is InChI=1S/C14H22N2O2.ClH/c1-4-15-11(3)10-16-14(17)12-7-6-8-13(9-12)18-5-2;/h6-9,11,15H,4-5,10H2,1-3H3,(H,16,17);1H/t11-;/m1./s1. The number of halogens is 1. The highest BCUT2D eigenvalue weighted by Gasteiger charge is 2.07. The van der Waals surface area contributed by atoms with Crippen molar-refractivity contribution in [1.29, 1.82) is 0 Å². The van der Waals surface area contributed by atoms with Crippen molar-refractivity contribution >= 4 is 18.3 Å². The van der Waals surface area contributed by atoms with E-state index in [-0.39, 0.29) is 24.4 Å². The minimum absolute atomic E-state index is 0. The number of likely N-dealkylation sites (N-methyl/N-ethyl adjacent to an activating group) is 1. The Kier molecular flexibility index (Phi) is 9.00. The Labute approximate surface area is 121 Å². The molecule has 1 aromatic rings. The third kappa shape index (κ3) is 6.45. The monoisotopic (exact) mass is 286 g/mol. The smallest absolute Gasteiger partial charge is 0.251 e. The fourth-order valence-corrected chi connectivity index (χ4v) is 1.66. The summed E-state index contributed by atoms with van der Waals surface area (Å²) >= 11 is 0. The molecule has 1 rings (SSSR count). The summed E-state index contributed by atoms with van der Waals surface area (Å²) in [4.78, 5) is 11.9. The fourth-order valence-electron chi connectivity index (χ4n) is 1.66. The van der Waals surface area contributed by atoms with E-state index >= 15 is 0 Å². The maximum Gasteiger partial charge on any atom is 0.251 e. The number of hydrogen-bond donors (Lipinski definition) is 2. The van der Waals surface area contributed by atoms with Gasteiger partial charge in [-0.2, -0.15) is 0 Å². The molecule has 1 atom stereocenters. The summed E-state index contributed by atoms with van der Waals surface area (Å²) in [5.41, 5.74) is 0.629. The Balaban J connectivity index is 0.00000324. The van der Waals surface area contributed by atoms with Crippen LogP contribution in [-0.2, 0) is 0 Å². The molecule has 108 valence electrons. The van der Waals surface area contributed by atoms with Crippen molar-refractivity contribution in [2.45, 2.75) is 26.8 Å². The first-order valence-electron chi connectivity index (χ1n) is 6.41. The molecule has 4 nitrogen and oxygen atoms in total. The van der Waals surface area contributed by atoms with Crippen molar-refractivity contribution < 1.29 is 9.53 Å². The van der Waals surface area contributed by atoms with Crippen LogP contribution in [0.1, 0.15) is 31.1 Å². The van der Waals surface area contributed by atoms with Crippen LogP contribution in [0, 0.1) is 0 Å². The predicted molar refractivity (Wildman–Crippen MR) is 80.3 cm³/mol. The van der Waals surface area contributed by atoms with Gasteiger partial charge in [0.1, 0.15) is 5.75 Å². The van der Waals surface area contributed by atoms with Gasteiger partial charge in [0.25, 0.3) is 5.91 Å². The molecule has 5 heteroatoms. The van der Waals surface area contributed by atoms with Crippen molar-refractivity contribution in [3.05, 3.63) is 29.8 Å². The average Bonchev–Trinajstić information content (AvgIpc) is 2.37. The van der Waals surface area contributed by atoms with Gasteiger partial charge in [-0.15, -0.1) is 12.4 Å². The maximum absolute atomic E-state index is 11.9. The molecule has 0 bridgehead atoms. The van der Waals surface area contributed by atoms with Gasteiger partial charge in [0, 0.05) is 18.2 Å². The maximum atomic E-state index is 11.9. The molecule has 19 heavy (non-hydrogen) atoms. The number of nitrogens with one attached hydrogen (secondary N) is 2. The largest absolute Gasteiger partial charge is 0.494 e. The van der Waals surface area contributed by atoms with Gasteiger partial charge in [-0.05, 0) is 38.6 Å². The number of hydrogen-bond acceptors (Lipinski definition) is 3. The van der Waals surface area contributed by atoms with Crippen LogP contribution < -0.4 is 15.4 Å². The number of amides is 1. The van der Waals surface area contributed by atoms with Crippen molar-refractivity contribution in [2.75, 3.05) is 19.7 Å². The summed E-state index contributed by atoms with van der Waals surface area (Å²) in [5.74, 6) is 0.659. The summed E-state index contributed by atoms with van der Waals surface area (Å²) in [6, 6.07) is 7.50. The van der Waals surface area contributed by atoms with E-state index in [9.17, 15) is 4.79 Å². The summed E-state index contributed by atoms with van der Waals surface area (Å²) in [7, 11) is 0. The summed E-state index contributed by atoms with van der Waals surface area (Å²) in [5, 5.41) is 6.14. The Morgan fingerprint density at radius 1 is 1.37 bits per heavy atom. The van der Waals surface area contributed by atoms with Crippen molar-refractivity contribution in [3.8, 4) is 5.75 Å². The van der Waals surface area contributed by atoms with Gasteiger partial charge < -0.3 is 15.4 Å². The van der Waals surface area contributed by atoms with Crippen LogP contribution in [0.5, 0.6) is 5.75 Å². The molecule has 0 fully saturated rings. The van der Waals surface area contributed by atoms with E-state index in [1.807, 2.05) is 32.9 Å². The van der Waals surface area contributed by atoms with E-state index in [1.54, 1.807) is 12.1 Å². The van der Waals surface area contributed by atoms with Crippen LogP contribution in [0.2, 0.25) is 0 Å². The third-order valence-electron chi connectivity index (χ3n) is 2.53. The molecule has 0 aliphatic carbocycles. The molecule has 0 unspecified atom stereocenters. The molecule has 0 saturated carbocycles. The van der Waals surface area contributed by atoms with Gasteiger partial charge in [0.05, 0.1) is 6.61 Å². The van der Waals surface area contributed by atoms with Crippen molar-refractivity contribution in [3.63, 3.8) is 0 Å². The number of ether oxygens (including phenoxy) is 1. The summed E-state index contributed by atoms with van der Waals surface area (Å²) in [6.07, 6.45) is 0. The Hall–Kier alpha value is -1.26. The minimum atomic E-state index is -0.0682. The van der Waals surface area contributed by atoms with E-state index < -0.39 is 0 Å². The lowest BCUT2D eigenvalue weighted by molar-refractivity contribution is 0.0950. The number of benzene rings is 1. The molecule has 0 heterocycles. The SMILES string of the molecule is CCN[C@H](C)CNC(=O)c1cccc(OCC)c1.Cl. The molecule has 0 radical (unpaired) electrons. The summed E-state index contributed by atoms with van der Waals surface area (Å²) in [6.45, 7) is 8.13. The molecule has 1 amide bonds. The van der Waals surface area contributed by atoms with Crippen molar-refractivity contribution in [2.24, 2.45) is 0 Å². The van der Waals surface area contributed by atoms with Gasteiger partial charge >= 0.3 is 0 Å². The molecule has 2 N–H and O–H groups in total. The zero-order valence-electron chi connectivity index (χ0n) is 11.7. The van der Waals surface area contributed by atoms with Crippen molar-refractivity contribution in [1.82, 2.24) is 10.6 Å². The quantitative estimate of drug-likeness (QED) is 0.808. The Morgan fingerprint density at radius 2 is 2.11 bits per heavy atom. The molecule has 0 saturated heterocycles. The molecule has 1 aromatic carbocycles. The van der Waals surface area contributed by atoms with Gasteiger partial charge in [0.2, 0.25) is 0 Å². The van der Waals surface area contributed by atoms with E-state index in [0.717, 1.165) is 12.3 Å². The molecule has 0 spiro atoms. The van der Waals surface area contributed by atoms with Crippen LogP contribution in [0.4, 0.5) is 0 Å². The zero-order valence-corrected chi connectivity index (χ0v) is 12.5. The lowest BCUT2D eigenvalue weighted by atomic mass is 10.2. The highest BCUT2D eigenvalue weighted by Crippen LogP contribution is 2.12. The number of carbonyl (C=O) groups is 1.